The molecule has 0 aromatic carbocycles. The fourth-order valence-corrected chi connectivity index (χ4v) is 0.854. The SMILES string of the molecule is CCCCCCCC.CCO. The summed E-state index contributed by atoms with van der Waals surface area (Å²) in [7, 11) is 0. The van der Waals surface area contributed by atoms with Gasteiger partial charge in [0.1, 0.15) is 0 Å². The minimum Gasteiger partial charge on any atom is -0.397 e. The Balaban J connectivity index is 0. The molecule has 0 fully saturated rings. The van der Waals surface area contributed by atoms with Crippen molar-refractivity contribution >= 4 is 0 Å². The van der Waals surface area contributed by atoms with E-state index in [0.29, 0.717) is 0 Å². The van der Waals surface area contributed by atoms with Gasteiger partial charge < -0.3 is 5.11 Å². The molecule has 0 aliphatic carbocycles. The smallest absolute Gasteiger partial charge is 0.0402 e. The normalized spacial score (nSPS) is 8.73. The lowest BCUT2D eigenvalue weighted by Crippen LogP contribution is -1.73. The molecule has 0 saturated carbocycles. The van der Waals surface area contributed by atoms with Crippen LogP contribution in [0.1, 0.15) is 59.3 Å². The van der Waals surface area contributed by atoms with Gasteiger partial charge in [-0.15, -0.1) is 0 Å². The Hall–Kier alpha value is -0.0400. The summed E-state index contributed by atoms with van der Waals surface area (Å²) >= 11 is 0. The summed E-state index contributed by atoms with van der Waals surface area (Å²) in [6.45, 7) is 6.44. The lowest BCUT2D eigenvalue weighted by atomic mass is 10.1. The molecule has 0 heterocycles. The number of unbranched alkanes of at least 4 members (excludes halogenated alkanes) is 5. The van der Waals surface area contributed by atoms with Crippen LogP contribution in [0.5, 0.6) is 0 Å². The van der Waals surface area contributed by atoms with Gasteiger partial charge in [0.05, 0.1) is 0 Å². The first-order valence-electron chi connectivity index (χ1n) is 4.94. The lowest BCUT2D eigenvalue weighted by Gasteiger charge is -1.93. The highest BCUT2D eigenvalue weighted by atomic mass is 16.2. The van der Waals surface area contributed by atoms with Crippen molar-refractivity contribution < 1.29 is 5.11 Å². The molecule has 0 atom stereocenters. The third-order valence-corrected chi connectivity index (χ3v) is 1.46. The zero-order valence-corrected chi connectivity index (χ0v) is 8.40. The second-order valence-electron chi connectivity index (χ2n) is 2.73. The number of rotatable bonds is 5. The average Bonchev–Trinajstić information content (AvgIpc) is 2.00. The Morgan fingerprint density at radius 2 is 1.00 bits per heavy atom. The molecule has 0 saturated heterocycles. The molecule has 1 heteroatoms. The third kappa shape index (κ3) is 25.7. The Kier molecular flexibility index (Phi) is 20.3. The van der Waals surface area contributed by atoms with E-state index in [9.17, 15) is 0 Å². The summed E-state index contributed by atoms with van der Waals surface area (Å²) in [4.78, 5) is 0. The summed E-state index contributed by atoms with van der Waals surface area (Å²) in [6, 6.07) is 0. The van der Waals surface area contributed by atoms with Crippen molar-refractivity contribution in [3.63, 3.8) is 0 Å². The van der Waals surface area contributed by atoms with Gasteiger partial charge in [0.15, 0.2) is 0 Å². The molecule has 0 aromatic heterocycles. The minimum absolute atomic E-state index is 0.250. The topological polar surface area (TPSA) is 20.2 Å². The van der Waals surface area contributed by atoms with E-state index in [1.807, 2.05) is 0 Å². The molecule has 70 valence electrons. The van der Waals surface area contributed by atoms with Crippen molar-refractivity contribution in [3.05, 3.63) is 0 Å². The largest absolute Gasteiger partial charge is 0.397 e. The molecular weight excluding hydrogens is 136 g/mol. The molecule has 0 unspecified atom stereocenters. The third-order valence-electron chi connectivity index (χ3n) is 1.46. The van der Waals surface area contributed by atoms with Crippen molar-refractivity contribution in [2.75, 3.05) is 6.61 Å². The van der Waals surface area contributed by atoms with Crippen LogP contribution in [0.25, 0.3) is 0 Å². The summed E-state index contributed by atoms with van der Waals surface area (Å²) in [5, 5.41) is 7.57. The van der Waals surface area contributed by atoms with Crippen LogP contribution in [0.15, 0.2) is 0 Å². The summed E-state index contributed by atoms with van der Waals surface area (Å²) in [6.07, 6.45) is 8.49. The maximum absolute atomic E-state index is 7.57. The molecule has 0 spiro atoms. The quantitative estimate of drug-likeness (QED) is 0.611. The molecule has 0 aromatic rings. The molecule has 0 rings (SSSR count). The Bertz CT molecular complexity index is 38.1. The minimum atomic E-state index is 0.250. The van der Waals surface area contributed by atoms with E-state index in [-0.39, 0.29) is 6.61 Å². The van der Waals surface area contributed by atoms with Crippen molar-refractivity contribution in [2.24, 2.45) is 0 Å². The summed E-state index contributed by atoms with van der Waals surface area (Å²) in [5.74, 6) is 0. The highest BCUT2D eigenvalue weighted by molar-refractivity contribution is 4.39. The van der Waals surface area contributed by atoms with Gasteiger partial charge in [0.25, 0.3) is 0 Å². The molecule has 1 nitrogen and oxygen atoms in total. The zero-order chi connectivity index (χ0) is 8.95. The van der Waals surface area contributed by atoms with Crippen LogP contribution >= 0.6 is 0 Å². The standard InChI is InChI=1S/C8H18.C2H6O/c1-3-5-7-8-6-4-2;1-2-3/h3-8H2,1-2H3;3H,2H2,1H3. The number of aliphatic hydroxyl groups is 1. The van der Waals surface area contributed by atoms with Crippen LogP contribution < -0.4 is 0 Å². The summed E-state index contributed by atoms with van der Waals surface area (Å²) < 4.78 is 0. The van der Waals surface area contributed by atoms with Crippen LogP contribution in [-0.4, -0.2) is 11.7 Å². The Labute approximate surface area is 71.8 Å². The Morgan fingerprint density at radius 1 is 0.727 bits per heavy atom. The molecule has 0 aliphatic heterocycles. The first-order valence-corrected chi connectivity index (χ1v) is 4.94. The van der Waals surface area contributed by atoms with Crippen molar-refractivity contribution in [1.82, 2.24) is 0 Å². The van der Waals surface area contributed by atoms with Gasteiger partial charge in [-0.3, -0.25) is 0 Å². The lowest BCUT2D eigenvalue weighted by molar-refractivity contribution is 0.318. The van der Waals surface area contributed by atoms with Gasteiger partial charge >= 0.3 is 0 Å². The Morgan fingerprint density at radius 3 is 1.18 bits per heavy atom. The van der Waals surface area contributed by atoms with Gasteiger partial charge in [-0.1, -0.05) is 52.4 Å². The molecule has 0 radical (unpaired) electrons. The molecule has 0 aliphatic rings. The maximum Gasteiger partial charge on any atom is 0.0402 e. The number of hydrogen-bond donors (Lipinski definition) is 1. The van der Waals surface area contributed by atoms with Gasteiger partial charge in [-0.05, 0) is 6.92 Å². The number of hydrogen-bond acceptors (Lipinski definition) is 1. The van der Waals surface area contributed by atoms with Gasteiger partial charge in [0, 0.05) is 6.61 Å². The summed E-state index contributed by atoms with van der Waals surface area (Å²) in [5.41, 5.74) is 0. The van der Waals surface area contributed by atoms with Crippen molar-refractivity contribution in [3.8, 4) is 0 Å². The fourth-order valence-electron chi connectivity index (χ4n) is 0.854. The van der Waals surface area contributed by atoms with Crippen LogP contribution in [0, 0.1) is 0 Å². The van der Waals surface area contributed by atoms with Crippen molar-refractivity contribution in [2.45, 2.75) is 59.3 Å². The van der Waals surface area contributed by atoms with Crippen LogP contribution in [0.2, 0.25) is 0 Å². The molecule has 0 amide bonds. The van der Waals surface area contributed by atoms with E-state index in [1.54, 1.807) is 6.92 Å². The van der Waals surface area contributed by atoms with Gasteiger partial charge in [0.2, 0.25) is 0 Å². The highest BCUT2D eigenvalue weighted by Crippen LogP contribution is 2.03. The number of aliphatic hydroxyl groups excluding tert-OH is 1. The van der Waals surface area contributed by atoms with Crippen LogP contribution in [0.3, 0.4) is 0 Å². The first-order chi connectivity index (χ1) is 5.33. The van der Waals surface area contributed by atoms with E-state index in [2.05, 4.69) is 13.8 Å². The van der Waals surface area contributed by atoms with E-state index >= 15 is 0 Å². The monoisotopic (exact) mass is 160 g/mol. The molecule has 1 N–H and O–H groups in total. The van der Waals surface area contributed by atoms with E-state index in [4.69, 9.17) is 5.11 Å². The predicted octanol–water partition coefficient (Wildman–Crippen LogP) is 3.37. The van der Waals surface area contributed by atoms with E-state index in [1.165, 1.54) is 38.5 Å². The van der Waals surface area contributed by atoms with Crippen LogP contribution in [0.4, 0.5) is 0 Å². The molecule has 11 heavy (non-hydrogen) atoms. The average molecular weight is 160 g/mol. The first kappa shape index (κ1) is 13.5. The predicted molar refractivity (Wildman–Crippen MR) is 51.8 cm³/mol. The van der Waals surface area contributed by atoms with E-state index < -0.39 is 0 Å². The highest BCUT2D eigenvalue weighted by Gasteiger charge is 1.83. The molecular formula is C10H24O. The van der Waals surface area contributed by atoms with E-state index in [0.717, 1.165) is 0 Å². The second-order valence-corrected chi connectivity index (χ2v) is 2.73. The van der Waals surface area contributed by atoms with Crippen molar-refractivity contribution in [1.29, 1.82) is 0 Å². The van der Waals surface area contributed by atoms with Gasteiger partial charge in [-0.25, -0.2) is 0 Å². The second kappa shape index (κ2) is 16.5. The van der Waals surface area contributed by atoms with Crippen LogP contribution in [-0.2, 0) is 0 Å². The fraction of sp³-hybridized carbons (Fsp3) is 1.00. The van der Waals surface area contributed by atoms with Gasteiger partial charge in [-0.2, -0.15) is 0 Å². The molecule has 0 bridgehead atoms. The zero-order valence-electron chi connectivity index (χ0n) is 8.40. The maximum atomic E-state index is 7.57.